The van der Waals surface area contributed by atoms with E-state index in [1.165, 1.54) is 6.07 Å². The number of aliphatic hydroxyl groups excluding tert-OH is 1. The first-order chi connectivity index (χ1) is 9.44. The number of aromatic nitrogens is 2. The van der Waals surface area contributed by atoms with Crippen molar-refractivity contribution in [2.75, 3.05) is 6.54 Å². The van der Waals surface area contributed by atoms with Crippen LogP contribution in [0.15, 0.2) is 32.4 Å². The summed E-state index contributed by atoms with van der Waals surface area (Å²) in [7, 11) is -1.84. The molecule has 0 aliphatic rings. The minimum absolute atomic E-state index is 0.0265. The van der Waals surface area contributed by atoms with Crippen LogP contribution in [0.3, 0.4) is 0 Å². The van der Waals surface area contributed by atoms with Gasteiger partial charge in [0, 0.05) is 38.5 Å². The Labute approximate surface area is 124 Å². The molecule has 2 aromatic rings. The molecule has 0 amide bonds. The maximum Gasteiger partial charge on any atom is 0.244 e. The number of halogens is 1. The van der Waals surface area contributed by atoms with E-state index >= 15 is 0 Å². The second kappa shape index (κ2) is 6.08. The lowest BCUT2D eigenvalue weighted by molar-refractivity contribution is 0.245. The van der Waals surface area contributed by atoms with Crippen molar-refractivity contribution in [3.8, 4) is 0 Å². The van der Waals surface area contributed by atoms with E-state index in [-0.39, 0.29) is 28.5 Å². The minimum Gasteiger partial charge on any atom is -0.450 e. The van der Waals surface area contributed by atoms with Crippen molar-refractivity contribution in [3.05, 3.63) is 34.7 Å². The molecule has 0 saturated heterocycles. The number of nitrogens with zero attached hydrogens (tertiary/aromatic N) is 2. The summed E-state index contributed by atoms with van der Waals surface area (Å²) in [4.78, 5) is 4.08. The third kappa shape index (κ3) is 3.29. The van der Waals surface area contributed by atoms with Gasteiger partial charge in [-0.1, -0.05) is 0 Å². The van der Waals surface area contributed by atoms with Gasteiger partial charge in [-0.25, -0.2) is 18.1 Å². The molecule has 0 radical (unpaired) electrons. The lowest BCUT2D eigenvalue weighted by Crippen LogP contribution is -2.26. The predicted molar refractivity (Wildman–Crippen MR) is 74.4 cm³/mol. The average Bonchev–Trinajstić information content (AvgIpc) is 2.96. The van der Waals surface area contributed by atoms with Crippen molar-refractivity contribution in [2.45, 2.75) is 17.9 Å². The van der Waals surface area contributed by atoms with E-state index < -0.39 is 10.0 Å². The maximum atomic E-state index is 12.1. The maximum absolute atomic E-state index is 12.1. The van der Waals surface area contributed by atoms with Crippen molar-refractivity contribution < 1.29 is 17.9 Å². The second-order valence-electron chi connectivity index (χ2n) is 4.11. The molecule has 2 heterocycles. The predicted octanol–water partition coefficient (Wildman–Crippen LogP) is 0.789. The van der Waals surface area contributed by atoms with Crippen LogP contribution >= 0.6 is 15.9 Å². The first-order valence-corrected chi connectivity index (χ1v) is 8.06. The highest BCUT2D eigenvalue weighted by Gasteiger charge is 2.22. The molecule has 0 fully saturated rings. The number of rotatable bonds is 6. The lowest BCUT2D eigenvalue weighted by Gasteiger charge is -2.05. The fourth-order valence-corrected chi connectivity index (χ4v) is 3.70. The Morgan fingerprint density at radius 2 is 2.30 bits per heavy atom. The van der Waals surface area contributed by atoms with E-state index in [1.807, 2.05) is 11.6 Å². The summed E-state index contributed by atoms with van der Waals surface area (Å²) >= 11 is 3.02. The van der Waals surface area contributed by atoms with Gasteiger partial charge in [-0.2, -0.15) is 0 Å². The number of hydrogen-bond acceptors (Lipinski definition) is 5. The molecule has 0 saturated carbocycles. The fraction of sp³-hybridized carbons (Fsp3) is 0.364. The molecule has 7 nitrogen and oxygen atoms in total. The summed E-state index contributed by atoms with van der Waals surface area (Å²) in [5.74, 6) is 0.969. The lowest BCUT2D eigenvalue weighted by atomic mass is 10.4. The highest BCUT2D eigenvalue weighted by molar-refractivity contribution is 9.10. The Morgan fingerprint density at radius 1 is 1.55 bits per heavy atom. The zero-order valence-electron chi connectivity index (χ0n) is 10.7. The molecule has 0 aromatic carbocycles. The zero-order valence-corrected chi connectivity index (χ0v) is 13.1. The summed E-state index contributed by atoms with van der Waals surface area (Å²) in [5.41, 5.74) is 0. The van der Waals surface area contributed by atoms with Crippen molar-refractivity contribution in [2.24, 2.45) is 7.05 Å². The van der Waals surface area contributed by atoms with Gasteiger partial charge >= 0.3 is 0 Å². The first-order valence-electron chi connectivity index (χ1n) is 5.79. The Bertz CT molecular complexity index is 692. The van der Waals surface area contributed by atoms with Crippen LogP contribution in [0.5, 0.6) is 0 Å². The number of imidazole rings is 1. The smallest absolute Gasteiger partial charge is 0.244 e. The van der Waals surface area contributed by atoms with Gasteiger partial charge in [0.25, 0.3) is 0 Å². The van der Waals surface area contributed by atoms with Crippen molar-refractivity contribution in [3.63, 3.8) is 0 Å². The van der Waals surface area contributed by atoms with Gasteiger partial charge in [0.15, 0.2) is 4.67 Å². The molecule has 110 valence electrons. The quantitative estimate of drug-likeness (QED) is 0.790. The molecule has 2 rings (SSSR count). The van der Waals surface area contributed by atoms with Crippen LogP contribution in [0.25, 0.3) is 0 Å². The van der Waals surface area contributed by atoms with E-state index in [9.17, 15) is 8.42 Å². The summed E-state index contributed by atoms with van der Waals surface area (Å²) in [6.45, 7) is -0.138. The molecule has 0 spiro atoms. The standard InChI is InChI=1S/C11H14BrN3O4S/c1-15-5-4-13-10(15)2-3-14-20(17,18)9-6-8(7-16)19-11(9)12/h4-6,14,16H,2-3,7H2,1H3. The van der Waals surface area contributed by atoms with Crippen LogP contribution in [-0.2, 0) is 30.1 Å². The Balaban J connectivity index is 2.04. The molecule has 0 atom stereocenters. The van der Waals surface area contributed by atoms with Gasteiger partial charge in [-0.3, -0.25) is 0 Å². The van der Waals surface area contributed by atoms with Crippen LogP contribution in [0.1, 0.15) is 11.6 Å². The van der Waals surface area contributed by atoms with Crippen LogP contribution in [-0.4, -0.2) is 29.6 Å². The van der Waals surface area contributed by atoms with E-state index in [0.29, 0.717) is 6.42 Å². The van der Waals surface area contributed by atoms with Gasteiger partial charge in [0.2, 0.25) is 10.0 Å². The van der Waals surface area contributed by atoms with Crippen LogP contribution < -0.4 is 4.72 Å². The van der Waals surface area contributed by atoms with Gasteiger partial charge in [0.1, 0.15) is 23.1 Å². The van der Waals surface area contributed by atoms with Gasteiger partial charge in [0.05, 0.1) is 0 Å². The third-order valence-electron chi connectivity index (χ3n) is 2.71. The molecule has 0 aliphatic carbocycles. The zero-order chi connectivity index (χ0) is 14.8. The van der Waals surface area contributed by atoms with Crippen LogP contribution in [0, 0.1) is 0 Å². The summed E-state index contributed by atoms with van der Waals surface area (Å²) < 4.78 is 33.6. The highest BCUT2D eigenvalue weighted by Crippen LogP contribution is 2.25. The monoisotopic (exact) mass is 363 g/mol. The third-order valence-corrected chi connectivity index (χ3v) is 5.03. The summed E-state index contributed by atoms with van der Waals surface area (Å²) in [6.07, 6.45) is 3.93. The Morgan fingerprint density at radius 3 is 2.85 bits per heavy atom. The van der Waals surface area contributed by atoms with Gasteiger partial charge in [-0.05, 0) is 15.9 Å². The molecule has 0 unspecified atom stereocenters. The molecule has 20 heavy (non-hydrogen) atoms. The number of sulfonamides is 1. The van der Waals surface area contributed by atoms with Crippen molar-refractivity contribution >= 4 is 26.0 Å². The second-order valence-corrected chi connectivity index (χ2v) is 6.57. The van der Waals surface area contributed by atoms with Crippen molar-refractivity contribution in [1.82, 2.24) is 14.3 Å². The number of hydrogen-bond donors (Lipinski definition) is 2. The van der Waals surface area contributed by atoms with Gasteiger partial charge in [-0.15, -0.1) is 0 Å². The number of aryl methyl sites for hydroxylation is 1. The molecular weight excluding hydrogens is 350 g/mol. The summed E-state index contributed by atoms with van der Waals surface area (Å²) in [6, 6.07) is 1.28. The molecule has 0 bridgehead atoms. The SMILES string of the molecule is Cn1ccnc1CCNS(=O)(=O)c1cc(CO)oc1Br. The largest absolute Gasteiger partial charge is 0.450 e. The highest BCUT2D eigenvalue weighted by atomic mass is 79.9. The molecule has 9 heteroatoms. The van der Waals surface area contributed by atoms with Crippen molar-refractivity contribution in [1.29, 1.82) is 0 Å². The fourth-order valence-electron chi connectivity index (χ4n) is 1.67. The number of aliphatic hydroxyl groups is 1. The Kier molecular flexibility index (Phi) is 4.63. The van der Waals surface area contributed by atoms with Crippen LogP contribution in [0.2, 0.25) is 0 Å². The molecule has 2 N–H and O–H groups in total. The van der Waals surface area contributed by atoms with E-state index in [0.717, 1.165) is 5.82 Å². The van der Waals surface area contributed by atoms with Gasteiger partial charge < -0.3 is 14.1 Å². The normalized spacial score (nSPS) is 11.9. The molecule has 2 aromatic heterocycles. The summed E-state index contributed by atoms with van der Waals surface area (Å²) in [5, 5.41) is 8.93. The topological polar surface area (TPSA) is 97.4 Å². The van der Waals surface area contributed by atoms with E-state index in [1.54, 1.807) is 12.4 Å². The minimum atomic E-state index is -3.69. The van der Waals surface area contributed by atoms with E-state index in [4.69, 9.17) is 9.52 Å². The molecule has 0 aliphatic heterocycles. The average molecular weight is 364 g/mol. The molecular formula is C11H14BrN3O4S. The Hall–Kier alpha value is -1.16. The van der Waals surface area contributed by atoms with E-state index in [2.05, 4.69) is 25.6 Å². The van der Waals surface area contributed by atoms with Crippen LogP contribution in [0.4, 0.5) is 0 Å². The number of nitrogens with one attached hydrogen (secondary N) is 1. The first kappa shape index (κ1) is 15.2. The number of furan rings is 1.